The molecular weight excluding hydrogens is 407 g/mol. The van der Waals surface area contributed by atoms with Gasteiger partial charge in [-0.2, -0.15) is 15.3 Å². The standard InChI is InChI=1S/C16H18Cl2N8O2/c1-7-10(17)13(22-25(7)4)19-15(27)9-6-24(3)21-12(9)16(28)20-14-11(18)8(2)26(5)23-14/h6H,1-5H3,(H,19,22,27)(H,20,23,28). The molecule has 3 rings (SSSR count). The normalized spacial score (nSPS) is 11.0. The highest BCUT2D eigenvalue weighted by Gasteiger charge is 2.25. The summed E-state index contributed by atoms with van der Waals surface area (Å²) in [5.41, 5.74) is 1.36. The van der Waals surface area contributed by atoms with Crippen LogP contribution < -0.4 is 10.6 Å². The zero-order valence-electron chi connectivity index (χ0n) is 15.8. The molecule has 0 unspecified atom stereocenters. The van der Waals surface area contributed by atoms with Crippen molar-refractivity contribution in [1.29, 1.82) is 0 Å². The number of hydrogen-bond donors (Lipinski definition) is 2. The molecule has 0 aromatic carbocycles. The molecule has 0 aliphatic heterocycles. The molecule has 2 amide bonds. The van der Waals surface area contributed by atoms with Crippen molar-refractivity contribution in [3.8, 4) is 0 Å². The first-order chi connectivity index (χ1) is 13.1. The maximum absolute atomic E-state index is 12.7. The molecule has 0 radical (unpaired) electrons. The summed E-state index contributed by atoms with van der Waals surface area (Å²) in [6.07, 6.45) is 1.43. The second kappa shape index (κ2) is 7.28. The molecule has 12 heteroatoms. The first-order valence-corrected chi connectivity index (χ1v) is 8.90. The van der Waals surface area contributed by atoms with Crippen molar-refractivity contribution >= 4 is 46.7 Å². The van der Waals surface area contributed by atoms with Gasteiger partial charge < -0.3 is 10.6 Å². The topological polar surface area (TPSA) is 112 Å². The minimum absolute atomic E-state index is 0.0585. The van der Waals surface area contributed by atoms with E-state index >= 15 is 0 Å². The molecule has 0 saturated carbocycles. The van der Waals surface area contributed by atoms with E-state index in [2.05, 4.69) is 25.9 Å². The van der Waals surface area contributed by atoms with Crippen molar-refractivity contribution in [1.82, 2.24) is 29.3 Å². The Kier molecular flexibility index (Phi) is 5.18. The maximum Gasteiger partial charge on any atom is 0.278 e. The average molecular weight is 425 g/mol. The van der Waals surface area contributed by atoms with Gasteiger partial charge in [0.05, 0.1) is 17.0 Å². The van der Waals surface area contributed by atoms with Crippen LogP contribution in [0.4, 0.5) is 11.6 Å². The number of nitrogens with zero attached hydrogens (tertiary/aromatic N) is 6. The van der Waals surface area contributed by atoms with E-state index in [0.717, 1.165) is 0 Å². The zero-order chi connectivity index (χ0) is 20.7. The summed E-state index contributed by atoms with van der Waals surface area (Å²) in [4.78, 5) is 25.4. The van der Waals surface area contributed by atoms with E-state index in [1.54, 1.807) is 39.7 Å². The fourth-order valence-corrected chi connectivity index (χ4v) is 2.90. The molecule has 148 valence electrons. The van der Waals surface area contributed by atoms with Crippen LogP contribution in [0.2, 0.25) is 10.0 Å². The summed E-state index contributed by atoms with van der Waals surface area (Å²) in [7, 11) is 5.01. The number of aryl methyl sites for hydroxylation is 3. The summed E-state index contributed by atoms with van der Waals surface area (Å²) in [6, 6.07) is 0. The monoisotopic (exact) mass is 424 g/mol. The highest BCUT2D eigenvalue weighted by molar-refractivity contribution is 6.35. The lowest BCUT2D eigenvalue weighted by atomic mass is 10.2. The predicted molar refractivity (Wildman–Crippen MR) is 105 cm³/mol. The molecule has 28 heavy (non-hydrogen) atoms. The van der Waals surface area contributed by atoms with Crippen molar-refractivity contribution in [2.75, 3.05) is 10.6 Å². The summed E-state index contributed by atoms with van der Waals surface area (Å²) < 4.78 is 4.44. The molecule has 2 N–H and O–H groups in total. The number of amides is 2. The lowest BCUT2D eigenvalue weighted by Gasteiger charge is -2.04. The molecule has 0 aliphatic carbocycles. The van der Waals surface area contributed by atoms with Gasteiger partial charge in [-0.25, -0.2) is 0 Å². The van der Waals surface area contributed by atoms with Crippen LogP contribution in [-0.2, 0) is 21.1 Å². The van der Waals surface area contributed by atoms with E-state index in [1.165, 1.54) is 15.6 Å². The third-order valence-corrected chi connectivity index (χ3v) is 5.18. The first-order valence-electron chi connectivity index (χ1n) is 8.14. The highest BCUT2D eigenvalue weighted by atomic mass is 35.5. The van der Waals surface area contributed by atoms with E-state index in [-0.39, 0.29) is 22.9 Å². The molecule has 10 nitrogen and oxygen atoms in total. The molecule has 3 aromatic rings. The van der Waals surface area contributed by atoms with E-state index in [9.17, 15) is 9.59 Å². The van der Waals surface area contributed by atoms with Crippen molar-refractivity contribution in [3.05, 3.63) is 38.9 Å². The lowest BCUT2D eigenvalue weighted by molar-refractivity contribution is 0.0987. The number of nitrogens with one attached hydrogen (secondary N) is 2. The minimum Gasteiger partial charge on any atom is -0.304 e. The molecule has 0 fully saturated rings. The molecule has 3 aromatic heterocycles. The van der Waals surface area contributed by atoms with Crippen molar-refractivity contribution in [2.45, 2.75) is 13.8 Å². The highest BCUT2D eigenvalue weighted by Crippen LogP contribution is 2.26. The van der Waals surface area contributed by atoms with Gasteiger partial charge in [0.25, 0.3) is 11.8 Å². The Balaban J connectivity index is 1.87. The predicted octanol–water partition coefficient (Wildman–Crippen LogP) is 2.32. The van der Waals surface area contributed by atoms with E-state index in [4.69, 9.17) is 23.2 Å². The van der Waals surface area contributed by atoms with Gasteiger partial charge in [0.1, 0.15) is 10.0 Å². The molecule has 0 saturated heterocycles. The minimum atomic E-state index is -0.617. The number of hydrogen-bond acceptors (Lipinski definition) is 5. The van der Waals surface area contributed by atoms with Gasteiger partial charge in [0, 0.05) is 27.3 Å². The number of rotatable bonds is 4. The number of carbonyl (C=O) groups excluding carboxylic acids is 2. The summed E-state index contributed by atoms with van der Waals surface area (Å²) in [5, 5.41) is 18.2. The SMILES string of the molecule is Cc1c(Cl)c(NC(=O)c2cn(C)nc2C(=O)Nc2nn(C)c(C)c2Cl)nn1C. The molecule has 0 spiro atoms. The Morgan fingerprint density at radius 1 is 0.857 bits per heavy atom. The Morgan fingerprint density at radius 2 is 1.32 bits per heavy atom. The van der Waals surface area contributed by atoms with Crippen molar-refractivity contribution < 1.29 is 9.59 Å². The molecular formula is C16H18Cl2N8O2. The molecule has 3 heterocycles. The van der Waals surface area contributed by atoms with Gasteiger partial charge in [-0.1, -0.05) is 23.2 Å². The second-order valence-corrected chi connectivity index (χ2v) is 6.97. The number of halogens is 2. The van der Waals surface area contributed by atoms with E-state index < -0.39 is 11.8 Å². The van der Waals surface area contributed by atoms with Crippen LogP contribution >= 0.6 is 23.2 Å². The van der Waals surface area contributed by atoms with Crippen molar-refractivity contribution in [2.24, 2.45) is 21.1 Å². The second-order valence-electron chi connectivity index (χ2n) is 6.22. The van der Waals surface area contributed by atoms with Gasteiger partial charge in [0.2, 0.25) is 0 Å². The Bertz CT molecular complexity index is 1010. The number of anilines is 2. The van der Waals surface area contributed by atoms with Crippen LogP contribution in [0.15, 0.2) is 6.20 Å². The lowest BCUT2D eigenvalue weighted by Crippen LogP contribution is -2.20. The zero-order valence-corrected chi connectivity index (χ0v) is 17.3. The van der Waals surface area contributed by atoms with Crippen LogP contribution in [0, 0.1) is 13.8 Å². The molecule has 0 bridgehead atoms. The van der Waals surface area contributed by atoms with Gasteiger partial charge in [-0.05, 0) is 13.8 Å². The fraction of sp³-hybridized carbons (Fsp3) is 0.312. The van der Waals surface area contributed by atoms with E-state index in [0.29, 0.717) is 21.4 Å². The third kappa shape index (κ3) is 3.48. The van der Waals surface area contributed by atoms with Crippen LogP contribution in [0.3, 0.4) is 0 Å². The summed E-state index contributed by atoms with van der Waals surface area (Å²) in [6.45, 7) is 3.54. The van der Waals surface area contributed by atoms with E-state index in [1.807, 2.05) is 0 Å². The first kappa shape index (κ1) is 19.9. The van der Waals surface area contributed by atoms with Gasteiger partial charge in [-0.15, -0.1) is 0 Å². The van der Waals surface area contributed by atoms with Gasteiger partial charge in [-0.3, -0.25) is 23.6 Å². The van der Waals surface area contributed by atoms with Gasteiger partial charge >= 0.3 is 0 Å². The number of aromatic nitrogens is 6. The molecule has 0 atom stereocenters. The maximum atomic E-state index is 12.7. The fourth-order valence-electron chi connectivity index (χ4n) is 2.49. The smallest absolute Gasteiger partial charge is 0.278 e. The van der Waals surface area contributed by atoms with Crippen molar-refractivity contribution in [3.63, 3.8) is 0 Å². The van der Waals surface area contributed by atoms with Crippen LogP contribution in [0.25, 0.3) is 0 Å². The Labute approximate surface area is 170 Å². The summed E-state index contributed by atoms with van der Waals surface area (Å²) in [5.74, 6) is -0.798. The number of carbonyl (C=O) groups is 2. The van der Waals surface area contributed by atoms with Crippen LogP contribution in [0.5, 0.6) is 0 Å². The molecule has 0 aliphatic rings. The Morgan fingerprint density at radius 3 is 1.75 bits per heavy atom. The third-order valence-electron chi connectivity index (χ3n) is 4.27. The largest absolute Gasteiger partial charge is 0.304 e. The van der Waals surface area contributed by atoms with Crippen LogP contribution in [-0.4, -0.2) is 41.2 Å². The summed E-state index contributed by atoms with van der Waals surface area (Å²) >= 11 is 12.3. The Hall–Kier alpha value is -2.85. The quantitative estimate of drug-likeness (QED) is 0.667. The van der Waals surface area contributed by atoms with Crippen LogP contribution in [0.1, 0.15) is 32.2 Å². The van der Waals surface area contributed by atoms with Gasteiger partial charge in [0.15, 0.2) is 17.3 Å². The average Bonchev–Trinajstić information content (AvgIpc) is 3.22.